The number of aliphatic carboxylic acids is 1. The van der Waals surface area contributed by atoms with E-state index in [-0.39, 0.29) is 30.0 Å². The van der Waals surface area contributed by atoms with Crippen molar-refractivity contribution >= 4 is 29.3 Å². The molecule has 0 spiro atoms. The van der Waals surface area contributed by atoms with E-state index < -0.39 is 35.7 Å². The largest absolute Gasteiger partial charge is 0.480 e. The van der Waals surface area contributed by atoms with Gasteiger partial charge in [0.25, 0.3) is 17.6 Å². The molecule has 1 aromatic heterocycles. The number of aryl methyl sites for hydroxylation is 1. The number of benzene rings is 1. The summed E-state index contributed by atoms with van der Waals surface area (Å²) in [6, 6.07) is 2.92. The molecule has 2 amide bonds. The summed E-state index contributed by atoms with van der Waals surface area (Å²) >= 11 is 0. The van der Waals surface area contributed by atoms with E-state index in [2.05, 4.69) is 16.0 Å². The number of carbonyl (C=O) groups excluding carboxylic acids is 3. The predicted molar refractivity (Wildman–Crippen MR) is 114 cm³/mol. The van der Waals surface area contributed by atoms with Crippen molar-refractivity contribution in [2.24, 2.45) is 7.05 Å². The number of nitrogens with zero attached hydrogens (tertiary/aromatic N) is 1. The van der Waals surface area contributed by atoms with Gasteiger partial charge < -0.3 is 25.6 Å². The molecule has 0 aliphatic carbocycles. The van der Waals surface area contributed by atoms with Gasteiger partial charge in [0.15, 0.2) is 0 Å². The summed E-state index contributed by atoms with van der Waals surface area (Å²) in [6.07, 6.45) is 0.171. The first-order valence-electron chi connectivity index (χ1n) is 10.1. The molecule has 10 heteroatoms. The van der Waals surface area contributed by atoms with E-state index in [9.17, 15) is 23.6 Å². The van der Waals surface area contributed by atoms with E-state index in [0.717, 1.165) is 0 Å². The van der Waals surface area contributed by atoms with Crippen molar-refractivity contribution in [2.75, 3.05) is 11.9 Å². The Morgan fingerprint density at radius 3 is 2.47 bits per heavy atom. The van der Waals surface area contributed by atoms with Crippen molar-refractivity contribution < 1.29 is 28.7 Å². The number of hydrogen-bond acceptors (Lipinski definition) is 5. The molecule has 1 saturated heterocycles. The fraction of sp³-hybridized carbons (Fsp3) is 0.364. The normalized spacial score (nSPS) is 17.8. The van der Waals surface area contributed by atoms with Crippen LogP contribution in [-0.4, -0.2) is 51.9 Å². The molecule has 2 atom stereocenters. The molecule has 9 nitrogen and oxygen atoms in total. The summed E-state index contributed by atoms with van der Waals surface area (Å²) in [7, 11) is 1.58. The summed E-state index contributed by atoms with van der Waals surface area (Å²) < 4.78 is 15.0. The quantitative estimate of drug-likeness (QED) is 0.394. The number of aromatic nitrogens is 1. The number of amides is 2. The van der Waals surface area contributed by atoms with Crippen LogP contribution in [0, 0.1) is 26.6 Å². The lowest BCUT2D eigenvalue weighted by Crippen LogP contribution is -2.41. The molecule has 0 unspecified atom stereocenters. The monoisotopic (exact) mass is 444 g/mol. The zero-order valence-corrected chi connectivity index (χ0v) is 18.2. The summed E-state index contributed by atoms with van der Waals surface area (Å²) in [4.78, 5) is 49.4. The van der Waals surface area contributed by atoms with Gasteiger partial charge in [-0.25, -0.2) is 4.39 Å². The van der Waals surface area contributed by atoms with Crippen LogP contribution in [0.15, 0.2) is 18.2 Å². The van der Waals surface area contributed by atoms with E-state index in [1.54, 1.807) is 27.8 Å². The van der Waals surface area contributed by atoms with Gasteiger partial charge in [0.1, 0.15) is 11.9 Å². The lowest BCUT2D eigenvalue weighted by molar-refractivity contribution is -0.139. The summed E-state index contributed by atoms with van der Waals surface area (Å²) in [6.45, 7) is 5.06. The van der Waals surface area contributed by atoms with E-state index in [1.807, 2.05) is 0 Å². The molecule has 3 rings (SSSR count). The minimum Gasteiger partial charge on any atom is -0.480 e. The Kier molecular flexibility index (Phi) is 6.45. The lowest BCUT2D eigenvalue weighted by Gasteiger charge is -2.11. The fourth-order valence-electron chi connectivity index (χ4n) is 3.94. The molecule has 1 fully saturated rings. The van der Waals surface area contributed by atoms with E-state index >= 15 is 0 Å². The second-order valence-corrected chi connectivity index (χ2v) is 7.95. The Labute approximate surface area is 184 Å². The first kappa shape index (κ1) is 23.1. The third kappa shape index (κ3) is 4.40. The molecular formula is C22H25FN4O5. The van der Waals surface area contributed by atoms with Gasteiger partial charge in [0.2, 0.25) is 0 Å². The highest BCUT2D eigenvalue weighted by Gasteiger charge is 2.33. The van der Waals surface area contributed by atoms with Crippen molar-refractivity contribution in [1.82, 2.24) is 15.2 Å². The summed E-state index contributed by atoms with van der Waals surface area (Å²) in [5.74, 6) is -3.57. The van der Waals surface area contributed by atoms with Crippen molar-refractivity contribution in [3.05, 3.63) is 52.1 Å². The number of Topliss-reactive ketones (excluding diaryl/α,β-unsaturated/α-hetero) is 1. The molecule has 0 saturated carbocycles. The van der Waals surface area contributed by atoms with Crippen LogP contribution in [0.2, 0.25) is 0 Å². The van der Waals surface area contributed by atoms with Crippen LogP contribution in [0.1, 0.15) is 44.1 Å². The second kappa shape index (κ2) is 8.91. The van der Waals surface area contributed by atoms with Crippen LogP contribution < -0.4 is 16.0 Å². The number of anilines is 1. The molecule has 32 heavy (non-hydrogen) atoms. The molecule has 0 bridgehead atoms. The van der Waals surface area contributed by atoms with Crippen LogP contribution in [-0.2, 0) is 16.6 Å². The number of ketones is 1. The van der Waals surface area contributed by atoms with Crippen LogP contribution >= 0.6 is 0 Å². The molecule has 1 aromatic carbocycles. The van der Waals surface area contributed by atoms with Crippen molar-refractivity contribution in [1.29, 1.82) is 0 Å². The Morgan fingerprint density at radius 1 is 1.19 bits per heavy atom. The standard InChI is InChI=1S/C22H25FN4O5/c1-10-7-13(5-6-15(10)23)25-20(29)17-11(2)18(27(4)12(17)3)19(28)21(30)26-14-8-16(22(31)32)24-9-14/h5-7,14,16,24H,8-9H2,1-4H3,(H,25,29)(H,26,30)(H,31,32)/t14-,16-/m0/s1. The molecule has 1 aliphatic rings. The highest BCUT2D eigenvalue weighted by Crippen LogP contribution is 2.24. The van der Waals surface area contributed by atoms with Crippen molar-refractivity contribution in [3.8, 4) is 0 Å². The van der Waals surface area contributed by atoms with Gasteiger partial charge in [-0.2, -0.15) is 0 Å². The van der Waals surface area contributed by atoms with Gasteiger partial charge in [-0.15, -0.1) is 0 Å². The molecule has 170 valence electrons. The van der Waals surface area contributed by atoms with Gasteiger partial charge in [0.05, 0.1) is 11.3 Å². The molecule has 0 radical (unpaired) electrons. The number of rotatable bonds is 6. The summed E-state index contributed by atoms with van der Waals surface area (Å²) in [5, 5.41) is 17.1. The summed E-state index contributed by atoms with van der Waals surface area (Å²) in [5.41, 5.74) is 1.94. The Balaban J connectivity index is 1.79. The van der Waals surface area contributed by atoms with Gasteiger partial charge in [0, 0.05) is 31.0 Å². The number of nitrogens with one attached hydrogen (secondary N) is 3. The van der Waals surface area contributed by atoms with Gasteiger partial charge >= 0.3 is 5.97 Å². The Morgan fingerprint density at radius 2 is 1.88 bits per heavy atom. The molecule has 1 aliphatic heterocycles. The Bertz CT molecular complexity index is 1120. The second-order valence-electron chi connectivity index (χ2n) is 7.95. The topological polar surface area (TPSA) is 130 Å². The third-order valence-corrected chi connectivity index (χ3v) is 5.76. The maximum Gasteiger partial charge on any atom is 0.320 e. The third-order valence-electron chi connectivity index (χ3n) is 5.76. The van der Waals surface area contributed by atoms with E-state index in [1.165, 1.54) is 22.8 Å². The molecule has 2 heterocycles. The first-order valence-corrected chi connectivity index (χ1v) is 10.1. The minimum atomic E-state index is -1.02. The van der Waals surface area contributed by atoms with Gasteiger partial charge in [-0.05, 0) is 56.5 Å². The number of carboxylic acid groups (broad SMARTS) is 1. The van der Waals surface area contributed by atoms with Gasteiger partial charge in [-0.1, -0.05) is 0 Å². The number of carboxylic acids is 1. The molecule has 2 aromatic rings. The zero-order chi connectivity index (χ0) is 23.7. The average molecular weight is 444 g/mol. The van der Waals surface area contributed by atoms with Gasteiger partial charge in [-0.3, -0.25) is 19.2 Å². The van der Waals surface area contributed by atoms with Crippen molar-refractivity contribution in [2.45, 2.75) is 39.3 Å². The highest BCUT2D eigenvalue weighted by atomic mass is 19.1. The first-order chi connectivity index (χ1) is 15.0. The maximum atomic E-state index is 13.5. The van der Waals surface area contributed by atoms with E-state index in [0.29, 0.717) is 22.5 Å². The SMILES string of the molecule is Cc1cc(NC(=O)c2c(C)c(C(=O)C(=O)N[C@@H]3CN[C@H](C(=O)O)C3)n(C)c2C)ccc1F. The maximum absolute atomic E-state index is 13.5. The van der Waals surface area contributed by atoms with Crippen LogP contribution in [0.4, 0.5) is 10.1 Å². The molecular weight excluding hydrogens is 419 g/mol. The highest BCUT2D eigenvalue weighted by molar-refractivity contribution is 6.43. The average Bonchev–Trinajstić information content (AvgIpc) is 3.27. The van der Waals surface area contributed by atoms with Crippen LogP contribution in [0.3, 0.4) is 0 Å². The number of halogens is 1. The van der Waals surface area contributed by atoms with E-state index in [4.69, 9.17) is 5.11 Å². The zero-order valence-electron chi connectivity index (χ0n) is 18.2. The lowest BCUT2D eigenvalue weighted by atomic mass is 10.1. The smallest absolute Gasteiger partial charge is 0.320 e. The predicted octanol–water partition coefficient (Wildman–Crippen LogP) is 1.46. The number of hydrogen-bond donors (Lipinski definition) is 4. The molecule has 4 N–H and O–H groups in total. The number of carbonyl (C=O) groups is 4. The minimum absolute atomic E-state index is 0.0705. The fourth-order valence-corrected chi connectivity index (χ4v) is 3.94. The van der Waals surface area contributed by atoms with Crippen LogP contribution in [0.25, 0.3) is 0 Å². The Hall–Kier alpha value is -3.53. The van der Waals surface area contributed by atoms with Crippen LogP contribution in [0.5, 0.6) is 0 Å². The van der Waals surface area contributed by atoms with Crippen molar-refractivity contribution in [3.63, 3.8) is 0 Å².